The van der Waals surface area contributed by atoms with Gasteiger partial charge in [-0.05, 0) is 24.6 Å². The van der Waals surface area contributed by atoms with Crippen LogP contribution in [0, 0.1) is 6.92 Å². The van der Waals surface area contributed by atoms with Crippen LogP contribution in [-0.2, 0) is 4.79 Å². The topological polar surface area (TPSA) is 58.4 Å². The van der Waals surface area contributed by atoms with Crippen LogP contribution in [0.3, 0.4) is 0 Å². The largest absolute Gasteiger partial charge is 0.398 e. The molecule has 0 bridgehead atoms. The van der Waals surface area contributed by atoms with Crippen molar-refractivity contribution in [3.05, 3.63) is 23.8 Å². The molecule has 5 heteroatoms. The fourth-order valence-corrected chi connectivity index (χ4v) is 4.12. The van der Waals surface area contributed by atoms with Crippen LogP contribution in [0.4, 0.5) is 11.4 Å². The molecule has 2 atom stereocenters. The van der Waals surface area contributed by atoms with E-state index in [1.54, 1.807) is 0 Å². The SMILES string of the molecule is Cc1c(N)cccc1NC(=O)CCN1CC(C)SC(C)C1. The zero-order valence-electron chi connectivity index (χ0n) is 13.1. The van der Waals surface area contributed by atoms with Crippen molar-refractivity contribution in [1.82, 2.24) is 4.90 Å². The molecule has 116 valence electrons. The van der Waals surface area contributed by atoms with Crippen molar-refractivity contribution in [2.75, 3.05) is 30.7 Å². The van der Waals surface area contributed by atoms with E-state index in [2.05, 4.69) is 24.1 Å². The van der Waals surface area contributed by atoms with Crippen LogP contribution in [0.1, 0.15) is 25.8 Å². The lowest BCUT2D eigenvalue weighted by atomic mass is 10.1. The van der Waals surface area contributed by atoms with E-state index in [1.807, 2.05) is 36.9 Å². The van der Waals surface area contributed by atoms with E-state index in [9.17, 15) is 4.79 Å². The lowest BCUT2D eigenvalue weighted by Crippen LogP contribution is -2.41. The van der Waals surface area contributed by atoms with Gasteiger partial charge in [0.15, 0.2) is 0 Å². The minimum atomic E-state index is 0.0576. The third-order valence-corrected chi connectivity index (χ3v) is 5.03. The molecule has 1 aromatic carbocycles. The Morgan fingerprint density at radius 3 is 2.71 bits per heavy atom. The second kappa shape index (κ2) is 7.18. The second-order valence-electron chi connectivity index (χ2n) is 5.83. The molecule has 2 rings (SSSR count). The van der Waals surface area contributed by atoms with Gasteiger partial charge in [-0.1, -0.05) is 19.9 Å². The average Bonchev–Trinajstić information content (AvgIpc) is 2.41. The summed E-state index contributed by atoms with van der Waals surface area (Å²) in [5.41, 5.74) is 8.32. The van der Waals surface area contributed by atoms with Gasteiger partial charge in [-0.25, -0.2) is 0 Å². The van der Waals surface area contributed by atoms with Crippen LogP contribution in [0.5, 0.6) is 0 Å². The summed E-state index contributed by atoms with van der Waals surface area (Å²) in [6.45, 7) is 9.39. The molecule has 0 aliphatic carbocycles. The van der Waals surface area contributed by atoms with Crippen LogP contribution in [0.2, 0.25) is 0 Å². The van der Waals surface area contributed by atoms with Gasteiger partial charge >= 0.3 is 0 Å². The molecule has 0 radical (unpaired) electrons. The summed E-state index contributed by atoms with van der Waals surface area (Å²) in [6, 6.07) is 5.60. The van der Waals surface area contributed by atoms with Gasteiger partial charge in [0.05, 0.1) is 0 Å². The van der Waals surface area contributed by atoms with Crippen LogP contribution in [0.15, 0.2) is 18.2 Å². The van der Waals surface area contributed by atoms with Gasteiger partial charge in [-0.3, -0.25) is 4.79 Å². The second-order valence-corrected chi connectivity index (χ2v) is 7.72. The summed E-state index contributed by atoms with van der Waals surface area (Å²) in [6.07, 6.45) is 0.526. The molecular formula is C16H25N3OS. The Bertz CT molecular complexity index is 496. The van der Waals surface area contributed by atoms with Crippen molar-refractivity contribution < 1.29 is 4.79 Å². The van der Waals surface area contributed by atoms with E-state index in [0.717, 1.165) is 30.9 Å². The number of carbonyl (C=O) groups excluding carboxylic acids is 1. The highest BCUT2D eigenvalue weighted by molar-refractivity contribution is 8.00. The lowest BCUT2D eigenvalue weighted by Gasteiger charge is -2.34. The fourth-order valence-electron chi connectivity index (χ4n) is 2.73. The van der Waals surface area contributed by atoms with Gasteiger partial charge < -0.3 is 16.0 Å². The van der Waals surface area contributed by atoms with E-state index in [1.165, 1.54) is 0 Å². The van der Waals surface area contributed by atoms with Gasteiger partial charge in [0.25, 0.3) is 0 Å². The normalized spacial score (nSPS) is 23.0. The quantitative estimate of drug-likeness (QED) is 0.840. The average molecular weight is 307 g/mol. The van der Waals surface area contributed by atoms with Crippen LogP contribution < -0.4 is 11.1 Å². The Morgan fingerprint density at radius 2 is 2.05 bits per heavy atom. The number of hydrogen-bond donors (Lipinski definition) is 2. The van der Waals surface area contributed by atoms with Crippen molar-refractivity contribution in [2.45, 2.75) is 37.7 Å². The third kappa shape index (κ3) is 4.64. The summed E-state index contributed by atoms with van der Waals surface area (Å²) in [4.78, 5) is 14.5. The summed E-state index contributed by atoms with van der Waals surface area (Å²) in [5, 5.41) is 4.25. The molecule has 1 aliphatic rings. The van der Waals surface area contributed by atoms with Gasteiger partial charge in [-0.2, -0.15) is 11.8 Å². The van der Waals surface area contributed by atoms with Crippen LogP contribution >= 0.6 is 11.8 Å². The van der Waals surface area contributed by atoms with E-state index in [4.69, 9.17) is 5.73 Å². The molecule has 1 heterocycles. The van der Waals surface area contributed by atoms with E-state index < -0.39 is 0 Å². The number of rotatable bonds is 4. The zero-order valence-corrected chi connectivity index (χ0v) is 13.9. The molecule has 0 spiro atoms. The number of thioether (sulfide) groups is 1. The first-order chi connectivity index (χ1) is 9.95. The molecular weight excluding hydrogens is 282 g/mol. The Labute approximate surface area is 131 Å². The minimum Gasteiger partial charge on any atom is -0.398 e. The van der Waals surface area contributed by atoms with Crippen molar-refractivity contribution in [3.63, 3.8) is 0 Å². The van der Waals surface area contributed by atoms with Gasteiger partial charge in [0.1, 0.15) is 0 Å². The number of carbonyl (C=O) groups is 1. The molecule has 2 unspecified atom stereocenters. The number of amides is 1. The first-order valence-electron chi connectivity index (χ1n) is 7.48. The van der Waals surface area contributed by atoms with Gasteiger partial charge in [0.2, 0.25) is 5.91 Å². The number of nitrogens with one attached hydrogen (secondary N) is 1. The predicted octanol–water partition coefficient (Wildman–Crippen LogP) is 2.73. The Balaban J connectivity index is 1.83. The molecule has 4 nitrogen and oxygen atoms in total. The van der Waals surface area contributed by atoms with Gasteiger partial charge in [0, 0.05) is 47.9 Å². The maximum atomic E-state index is 12.1. The van der Waals surface area contributed by atoms with E-state index in [-0.39, 0.29) is 5.91 Å². The Morgan fingerprint density at radius 1 is 1.38 bits per heavy atom. The molecule has 1 aromatic rings. The number of hydrogen-bond acceptors (Lipinski definition) is 4. The molecule has 3 N–H and O–H groups in total. The predicted molar refractivity (Wildman–Crippen MR) is 91.8 cm³/mol. The summed E-state index contributed by atoms with van der Waals surface area (Å²) < 4.78 is 0. The molecule has 1 amide bonds. The van der Waals surface area contributed by atoms with Crippen molar-refractivity contribution in [3.8, 4) is 0 Å². The maximum absolute atomic E-state index is 12.1. The maximum Gasteiger partial charge on any atom is 0.225 e. The highest BCUT2D eigenvalue weighted by atomic mass is 32.2. The molecule has 0 saturated carbocycles. The number of nitrogens with two attached hydrogens (primary N) is 1. The summed E-state index contributed by atoms with van der Waals surface area (Å²) in [5.74, 6) is 0.0576. The molecule has 0 aromatic heterocycles. The molecule has 1 aliphatic heterocycles. The van der Waals surface area contributed by atoms with Crippen molar-refractivity contribution >= 4 is 29.0 Å². The molecule has 1 fully saturated rings. The number of nitrogens with zero attached hydrogens (tertiary/aromatic N) is 1. The third-order valence-electron chi connectivity index (χ3n) is 3.80. The number of anilines is 2. The number of benzene rings is 1. The summed E-state index contributed by atoms with van der Waals surface area (Å²) >= 11 is 2.03. The van der Waals surface area contributed by atoms with Crippen LogP contribution in [0.25, 0.3) is 0 Å². The fraction of sp³-hybridized carbons (Fsp3) is 0.562. The monoisotopic (exact) mass is 307 g/mol. The Kier molecular flexibility index (Phi) is 5.53. The first kappa shape index (κ1) is 16.2. The van der Waals surface area contributed by atoms with E-state index in [0.29, 0.717) is 22.6 Å². The Hall–Kier alpha value is -1.20. The van der Waals surface area contributed by atoms with Crippen molar-refractivity contribution in [2.24, 2.45) is 0 Å². The standard InChI is InChI=1S/C16H25N3OS/c1-11-9-19(10-12(2)21-11)8-7-16(20)18-15-6-4-5-14(17)13(15)3/h4-6,11-12H,7-10,17H2,1-3H3,(H,18,20). The van der Waals surface area contributed by atoms with E-state index >= 15 is 0 Å². The first-order valence-corrected chi connectivity index (χ1v) is 8.42. The van der Waals surface area contributed by atoms with Crippen molar-refractivity contribution in [1.29, 1.82) is 0 Å². The van der Waals surface area contributed by atoms with Gasteiger partial charge in [-0.15, -0.1) is 0 Å². The molecule has 1 saturated heterocycles. The highest BCUT2D eigenvalue weighted by Crippen LogP contribution is 2.25. The lowest BCUT2D eigenvalue weighted by molar-refractivity contribution is -0.116. The zero-order chi connectivity index (χ0) is 15.4. The molecule has 21 heavy (non-hydrogen) atoms. The summed E-state index contributed by atoms with van der Waals surface area (Å²) in [7, 11) is 0. The minimum absolute atomic E-state index is 0.0576. The van der Waals surface area contributed by atoms with Crippen LogP contribution in [-0.4, -0.2) is 40.9 Å². The highest BCUT2D eigenvalue weighted by Gasteiger charge is 2.22. The number of nitrogen functional groups attached to an aromatic ring is 1. The smallest absolute Gasteiger partial charge is 0.225 e.